The maximum atomic E-state index is 12.9. The van der Waals surface area contributed by atoms with Gasteiger partial charge in [0.15, 0.2) is 0 Å². The van der Waals surface area contributed by atoms with Crippen molar-refractivity contribution in [2.45, 2.75) is 45.6 Å². The molecule has 0 aromatic carbocycles. The third-order valence-electron chi connectivity index (χ3n) is 4.03. The molecule has 0 saturated carbocycles. The SMILES string of the molecule is Cc1nn(CC(C)C)c(C)c1S(=O)(=O)N1CCC(CN)C1.Cl. The molecule has 1 atom stereocenters. The number of rotatable bonds is 5. The van der Waals surface area contributed by atoms with Crippen LogP contribution in [0.1, 0.15) is 31.7 Å². The number of nitrogens with zero attached hydrogens (tertiary/aromatic N) is 3. The van der Waals surface area contributed by atoms with Crippen LogP contribution in [0.2, 0.25) is 0 Å². The second-order valence-electron chi connectivity index (χ2n) is 6.33. The minimum absolute atomic E-state index is 0. The topological polar surface area (TPSA) is 81.2 Å². The zero-order valence-electron chi connectivity index (χ0n) is 13.7. The van der Waals surface area contributed by atoms with E-state index in [-0.39, 0.29) is 18.3 Å². The van der Waals surface area contributed by atoms with Crippen LogP contribution in [0.25, 0.3) is 0 Å². The monoisotopic (exact) mass is 350 g/mol. The quantitative estimate of drug-likeness (QED) is 0.873. The Balaban J connectivity index is 0.00000242. The van der Waals surface area contributed by atoms with Crippen molar-refractivity contribution < 1.29 is 8.42 Å². The van der Waals surface area contributed by atoms with E-state index in [1.807, 2.05) is 11.6 Å². The van der Waals surface area contributed by atoms with Crippen LogP contribution in [0.4, 0.5) is 0 Å². The number of nitrogens with two attached hydrogens (primary N) is 1. The van der Waals surface area contributed by atoms with Crippen molar-refractivity contribution >= 4 is 22.4 Å². The summed E-state index contributed by atoms with van der Waals surface area (Å²) in [5.41, 5.74) is 6.98. The maximum absolute atomic E-state index is 12.9. The lowest BCUT2D eigenvalue weighted by Gasteiger charge is -2.17. The molecular weight excluding hydrogens is 324 g/mol. The molecule has 1 fully saturated rings. The third kappa shape index (κ3) is 3.64. The van der Waals surface area contributed by atoms with E-state index in [9.17, 15) is 8.42 Å². The van der Waals surface area contributed by atoms with E-state index < -0.39 is 10.0 Å². The molecule has 0 amide bonds. The van der Waals surface area contributed by atoms with Crippen molar-refractivity contribution in [3.63, 3.8) is 0 Å². The van der Waals surface area contributed by atoms with Crippen molar-refractivity contribution in [1.29, 1.82) is 0 Å². The van der Waals surface area contributed by atoms with Crippen molar-refractivity contribution in [2.24, 2.45) is 17.6 Å². The summed E-state index contributed by atoms with van der Waals surface area (Å²) in [6.07, 6.45) is 0.841. The highest BCUT2D eigenvalue weighted by Gasteiger charge is 2.35. The Labute approximate surface area is 139 Å². The molecule has 0 radical (unpaired) electrons. The highest BCUT2D eigenvalue weighted by atomic mass is 35.5. The number of aryl methyl sites for hydroxylation is 1. The molecule has 6 nitrogen and oxygen atoms in total. The molecule has 1 unspecified atom stereocenters. The first-order valence-corrected chi connectivity index (χ1v) is 8.95. The Morgan fingerprint density at radius 1 is 1.36 bits per heavy atom. The summed E-state index contributed by atoms with van der Waals surface area (Å²) in [5.74, 6) is 0.693. The van der Waals surface area contributed by atoms with Crippen molar-refractivity contribution in [3.8, 4) is 0 Å². The van der Waals surface area contributed by atoms with Crippen molar-refractivity contribution in [1.82, 2.24) is 14.1 Å². The number of sulfonamides is 1. The normalized spacial score (nSPS) is 19.6. The summed E-state index contributed by atoms with van der Waals surface area (Å²) < 4.78 is 29.1. The molecule has 0 spiro atoms. The summed E-state index contributed by atoms with van der Waals surface area (Å²) in [5, 5.41) is 4.41. The van der Waals surface area contributed by atoms with E-state index in [1.54, 1.807) is 11.2 Å². The molecule has 1 aromatic heterocycles. The highest BCUT2D eigenvalue weighted by molar-refractivity contribution is 7.89. The summed E-state index contributed by atoms with van der Waals surface area (Å²) in [7, 11) is -3.46. The van der Waals surface area contributed by atoms with E-state index >= 15 is 0 Å². The predicted molar refractivity (Wildman–Crippen MR) is 89.7 cm³/mol. The lowest BCUT2D eigenvalue weighted by molar-refractivity contribution is 0.455. The number of hydrogen-bond donors (Lipinski definition) is 1. The van der Waals surface area contributed by atoms with Crippen LogP contribution >= 0.6 is 12.4 Å². The van der Waals surface area contributed by atoms with Gasteiger partial charge >= 0.3 is 0 Å². The van der Waals surface area contributed by atoms with E-state index in [0.29, 0.717) is 36.1 Å². The van der Waals surface area contributed by atoms with E-state index in [4.69, 9.17) is 5.73 Å². The fraction of sp³-hybridized carbons (Fsp3) is 0.786. The highest BCUT2D eigenvalue weighted by Crippen LogP contribution is 2.28. The zero-order valence-corrected chi connectivity index (χ0v) is 15.4. The summed E-state index contributed by atoms with van der Waals surface area (Å²) in [4.78, 5) is 0.376. The summed E-state index contributed by atoms with van der Waals surface area (Å²) in [6, 6.07) is 0. The zero-order chi connectivity index (χ0) is 15.8. The van der Waals surface area contributed by atoms with Crippen molar-refractivity contribution in [3.05, 3.63) is 11.4 Å². The molecule has 1 aliphatic heterocycles. The second-order valence-corrected chi connectivity index (χ2v) is 8.20. The fourth-order valence-corrected chi connectivity index (χ4v) is 4.82. The van der Waals surface area contributed by atoms with Gasteiger partial charge in [0, 0.05) is 19.6 Å². The molecule has 1 aliphatic rings. The Kier molecular flexibility index (Phi) is 6.44. The van der Waals surface area contributed by atoms with Crippen LogP contribution < -0.4 is 5.73 Å². The van der Waals surface area contributed by atoms with Gasteiger partial charge in [-0.15, -0.1) is 12.4 Å². The molecule has 1 aromatic rings. The van der Waals surface area contributed by atoms with Gasteiger partial charge in [0.05, 0.1) is 11.4 Å². The first-order chi connectivity index (χ1) is 9.77. The van der Waals surface area contributed by atoms with Gasteiger partial charge in [0.25, 0.3) is 0 Å². The molecule has 22 heavy (non-hydrogen) atoms. The van der Waals surface area contributed by atoms with E-state index in [2.05, 4.69) is 18.9 Å². The lowest BCUT2D eigenvalue weighted by Crippen LogP contribution is -2.30. The van der Waals surface area contributed by atoms with Gasteiger partial charge < -0.3 is 5.73 Å². The average Bonchev–Trinajstić information content (AvgIpc) is 2.95. The van der Waals surface area contributed by atoms with Crippen LogP contribution in [-0.4, -0.2) is 42.1 Å². The summed E-state index contributed by atoms with van der Waals surface area (Å²) >= 11 is 0. The largest absolute Gasteiger partial charge is 0.330 e. The maximum Gasteiger partial charge on any atom is 0.246 e. The molecule has 128 valence electrons. The van der Waals surface area contributed by atoms with Crippen molar-refractivity contribution in [2.75, 3.05) is 19.6 Å². The van der Waals surface area contributed by atoms with Crippen LogP contribution in [0.3, 0.4) is 0 Å². The number of hydrogen-bond acceptors (Lipinski definition) is 4. The standard InChI is InChI=1S/C14H26N4O2S.ClH/c1-10(2)8-18-12(4)14(11(3)16-18)21(19,20)17-6-5-13(7-15)9-17;/h10,13H,5-9,15H2,1-4H3;1H. The first-order valence-electron chi connectivity index (χ1n) is 7.51. The van der Waals surface area contributed by atoms with Gasteiger partial charge in [-0.1, -0.05) is 13.8 Å². The van der Waals surface area contributed by atoms with Gasteiger partial charge in [-0.25, -0.2) is 8.42 Å². The molecule has 1 saturated heterocycles. The number of halogens is 1. The Bertz CT molecular complexity index is 613. The molecule has 2 rings (SSSR count). The van der Waals surface area contributed by atoms with Gasteiger partial charge in [-0.3, -0.25) is 4.68 Å². The minimum atomic E-state index is -3.46. The molecule has 0 aliphatic carbocycles. The van der Waals surface area contributed by atoms with E-state index in [0.717, 1.165) is 18.7 Å². The lowest BCUT2D eigenvalue weighted by atomic mass is 10.1. The number of aromatic nitrogens is 2. The predicted octanol–water partition coefficient (Wildman–Crippen LogP) is 1.55. The first kappa shape index (κ1) is 19.4. The van der Waals surface area contributed by atoms with Crippen LogP contribution in [0.15, 0.2) is 4.90 Å². The smallest absolute Gasteiger partial charge is 0.246 e. The Morgan fingerprint density at radius 2 is 2.00 bits per heavy atom. The Morgan fingerprint density at radius 3 is 2.50 bits per heavy atom. The third-order valence-corrected chi connectivity index (χ3v) is 6.15. The molecular formula is C14H27ClN4O2S. The van der Waals surface area contributed by atoms with Crippen LogP contribution in [-0.2, 0) is 16.6 Å². The second kappa shape index (κ2) is 7.29. The van der Waals surface area contributed by atoms with Gasteiger partial charge in [0.2, 0.25) is 10.0 Å². The minimum Gasteiger partial charge on any atom is -0.330 e. The van der Waals surface area contributed by atoms with Gasteiger partial charge in [-0.2, -0.15) is 9.40 Å². The molecule has 0 bridgehead atoms. The average molecular weight is 351 g/mol. The van der Waals surface area contributed by atoms with E-state index in [1.165, 1.54) is 0 Å². The Hall–Kier alpha value is -0.630. The van der Waals surface area contributed by atoms with Crippen LogP contribution in [0.5, 0.6) is 0 Å². The van der Waals surface area contributed by atoms with Gasteiger partial charge in [0.1, 0.15) is 4.90 Å². The summed E-state index contributed by atoms with van der Waals surface area (Å²) in [6.45, 7) is 10.1. The fourth-order valence-electron chi connectivity index (χ4n) is 2.91. The van der Waals surface area contributed by atoms with Gasteiger partial charge in [-0.05, 0) is 38.6 Å². The molecule has 2 N–H and O–H groups in total. The van der Waals surface area contributed by atoms with Crippen LogP contribution in [0, 0.1) is 25.7 Å². The molecule has 2 heterocycles. The molecule has 8 heteroatoms.